The summed E-state index contributed by atoms with van der Waals surface area (Å²) in [5, 5.41) is 3.24. The molecule has 0 saturated carbocycles. The van der Waals surface area contributed by atoms with Gasteiger partial charge in [0.25, 0.3) is 0 Å². The van der Waals surface area contributed by atoms with E-state index in [1.807, 2.05) is 23.1 Å². The van der Waals surface area contributed by atoms with Crippen LogP contribution in [0.15, 0.2) is 18.2 Å². The maximum absolute atomic E-state index is 11.9. The van der Waals surface area contributed by atoms with E-state index in [-0.39, 0.29) is 5.91 Å². The van der Waals surface area contributed by atoms with Gasteiger partial charge in [0.1, 0.15) is 0 Å². The molecule has 0 aromatic heterocycles. The van der Waals surface area contributed by atoms with Crippen molar-refractivity contribution >= 4 is 11.6 Å². The minimum atomic E-state index is 0.232. The summed E-state index contributed by atoms with van der Waals surface area (Å²) < 4.78 is 10.4. The Morgan fingerprint density at radius 3 is 2.55 bits per heavy atom. The van der Waals surface area contributed by atoms with Gasteiger partial charge in [-0.25, -0.2) is 0 Å². The largest absolute Gasteiger partial charge is 0.493 e. The quantitative estimate of drug-likeness (QED) is 0.866. The van der Waals surface area contributed by atoms with Gasteiger partial charge in [0.2, 0.25) is 5.91 Å². The van der Waals surface area contributed by atoms with Gasteiger partial charge in [-0.3, -0.25) is 4.79 Å². The van der Waals surface area contributed by atoms with E-state index in [9.17, 15) is 4.79 Å². The van der Waals surface area contributed by atoms with Crippen LogP contribution in [-0.2, 0) is 4.79 Å². The van der Waals surface area contributed by atoms with E-state index in [1.165, 1.54) is 0 Å². The van der Waals surface area contributed by atoms with Gasteiger partial charge in [0, 0.05) is 37.8 Å². The Bertz CT molecular complexity index is 456. The van der Waals surface area contributed by atoms with Crippen LogP contribution >= 0.6 is 0 Å². The van der Waals surface area contributed by atoms with Crippen LogP contribution < -0.4 is 14.8 Å². The number of carbonyl (C=O) groups is 1. The van der Waals surface area contributed by atoms with Gasteiger partial charge in [0.05, 0.1) is 14.2 Å². The SMILES string of the molecule is COc1ccc(NCCC(=O)N2CCCC2)cc1OC. The van der Waals surface area contributed by atoms with Crippen molar-refractivity contribution in [2.45, 2.75) is 19.3 Å². The molecule has 0 spiro atoms. The highest BCUT2D eigenvalue weighted by atomic mass is 16.5. The van der Waals surface area contributed by atoms with Gasteiger partial charge in [-0.2, -0.15) is 0 Å². The molecule has 0 atom stereocenters. The van der Waals surface area contributed by atoms with Crippen molar-refractivity contribution in [3.63, 3.8) is 0 Å². The number of ether oxygens (including phenoxy) is 2. The van der Waals surface area contributed by atoms with Gasteiger partial charge in [0.15, 0.2) is 11.5 Å². The van der Waals surface area contributed by atoms with E-state index < -0.39 is 0 Å². The second-order valence-electron chi connectivity index (χ2n) is 4.83. The van der Waals surface area contributed by atoms with E-state index in [0.717, 1.165) is 31.6 Å². The Balaban J connectivity index is 1.83. The van der Waals surface area contributed by atoms with Gasteiger partial charge in [-0.1, -0.05) is 0 Å². The molecule has 1 aliphatic rings. The molecule has 1 fully saturated rings. The maximum Gasteiger partial charge on any atom is 0.224 e. The summed E-state index contributed by atoms with van der Waals surface area (Å²) in [4.78, 5) is 13.8. The Kier molecular flexibility index (Phi) is 5.09. The fourth-order valence-corrected chi connectivity index (χ4v) is 2.38. The first kappa shape index (κ1) is 14.5. The Hall–Kier alpha value is -1.91. The summed E-state index contributed by atoms with van der Waals surface area (Å²) in [6.45, 7) is 2.45. The molecule has 5 heteroatoms. The second-order valence-corrected chi connectivity index (χ2v) is 4.83. The van der Waals surface area contributed by atoms with Crippen LogP contribution in [0.4, 0.5) is 5.69 Å². The topological polar surface area (TPSA) is 50.8 Å². The minimum Gasteiger partial charge on any atom is -0.493 e. The molecular weight excluding hydrogens is 256 g/mol. The molecule has 1 aliphatic heterocycles. The predicted octanol–water partition coefficient (Wildman–Crippen LogP) is 2.13. The number of methoxy groups -OCH3 is 2. The molecule has 5 nitrogen and oxygen atoms in total. The molecular formula is C15H22N2O3. The molecule has 110 valence electrons. The summed E-state index contributed by atoms with van der Waals surface area (Å²) in [5.41, 5.74) is 0.928. The molecule has 1 heterocycles. The van der Waals surface area contributed by atoms with Gasteiger partial charge >= 0.3 is 0 Å². The number of hydrogen-bond donors (Lipinski definition) is 1. The number of nitrogens with one attached hydrogen (secondary N) is 1. The first-order chi connectivity index (χ1) is 9.74. The van der Waals surface area contributed by atoms with Crippen molar-refractivity contribution in [2.75, 3.05) is 39.2 Å². The molecule has 1 aromatic carbocycles. The van der Waals surface area contributed by atoms with Crippen molar-refractivity contribution in [1.29, 1.82) is 0 Å². The van der Waals surface area contributed by atoms with Crippen molar-refractivity contribution in [2.24, 2.45) is 0 Å². The van der Waals surface area contributed by atoms with E-state index in [0.29, 0.717) is 24.5 Å². The molecule has 1 saturated heterocycles. The van der Waals surface area contributed by atoms with Gasteiger partial charge < -0.3 is 19.7 Å². The number of anilines is 1. The molecule has 1 N–H and O–H groups in total. The molecule has 1 aromatic rings. The highest BCUT2D eigenvalue weighted by Crippen LogP contribution is 2.29. The van der Waals surface area contributed by atoms with Crippen LogP contribution in [0.1, 0.15) is 19.3 Å². The molecule has 1 amide bonds. The third-order valence-electron chi connectivity index (χ3n) is 3.51. The van der Waals surface area contributed by atoms with Crippen LogP contribution in [0.5, 0.6) is 11.5 Å². The Labute approximate surface area is 119 Å². The second kappa shape index (κ2) is 7.03. The minimum absolute atomic E-state index is 0.232. The van der Waals surface area contributed by atoms with Crippen molar-refractivity contribution < 1.29 is 14.3 Å². The fourth-order valence-electron chi connectivity index (χ4n) is 2.38. The van der Waals surface area contributed by atoms with Crippen molar-refractivity contribution in [3.05, 3.63) is 18.2 Å². The highest BCUT2D eigenvalue weighted by molar-refractivity contribution is 5.77. The first-order valence-corrected chi connectivity index (χ1v) is 6.98. The molecule has 0 unspecified atom stereocenters. The standard InChI is InChI=1S/C15H22N2O3/c1-19-13-6-5-12(11-14(13)20-2)16-8-7-15(18)17-9-3-4-10-17/h5-6,11,16H,3-4,7-10H2,1-2H3. The number of nitrogens with zero attached hydrogens (tertiary/aromatic N) is 1. The Morgan fingerprint density at radius 1 is 1.20 bits per heavy atom. The third kappa shape index (κ3) is 3.56. The number of likely N-dealkylation sites (tertiary alicyclic amines) is 1. The maximum atomic E-state index is 11.9. The van der Waals surface area contributed by atoms with Crippen LogP contribution in [0, 0.1) is 0 Å². The molecule has 0 radical (unpaired) electrons. The molecule has 2 rings (SSSR count). The average Bonchev–Trinajstić information content (AvgIpc) is 3.01. The summed E-state index contributed by atoms with van der Waals surface area (Å²) in [7, 11) is 3.22. The lowest BCUT2D eigenvalue weighted by atomic mass is 10.2. The third-order valence-corrected chi connectivity index (χ3v) is 3.51. The molecule has 20 heavy (non-hydrogen) atoms. The number of amides is 1. The van der Waals surface area contributed by atoms with Gasteiger partial charge in [-0.05, 0) is 25.0 Å². The van der Waals surface area contributed by atoms with Crippen LogP contribution in [0.25, 0.3) is 0 Å². The summed E-state index contributed by atoms with van der Waals surface area (Å²) in [6, 6.07) is 5.64. The first-order valence-electron chi connectivity index (χ1n) is 6.98. The van der Waals surface area contributed by atoms with E-state index in [1.54, 1.807) is 14.2 Å². The summed E-state index contributed by atoms with van der Waals surface area (Å²) in [6.07, 6.45) is 2.79. The predicted molar refractivity (Wildman–Crippen MR) is 78.5 cm³/mol. The highest BCUT2D eigenvalue weighted by Gasteiger charge is 2.17. The lowest BCUT2D eigenvalue weighted by Crippen LogP contribution is -2.29. The normalized spacial score (nSPS) is 14.2. The monoisotopic (exact) mass is 278 g/mol. The zero-order valence-corrected chi connectivity index (χ0v) is 12.1. The molecule has 0 bridgehead atoms. The van der Waals surface area contributed by atoms with Crippen molar-refractivity contribution in [1.82, 2.24) is 4.90 Å². The lowest BCUT2D eigenvalue weighted by Gasteiger charge is -2.16. The van der Waals surface area contributed by atoms with Crippen molar-refractivity contribution in [3.8, 4) is 11.5 Å². The average molecular weight is 278 g/mol. The van der Waals surface area contributed by atoms with Crippen LogP contribution in [0.3, 0.4) is 0 Å². The number of hydrogen-bond acceptors (Lipinski definition) is 4. The summed E-state index contributed by atoms with van der Waals surface area (Å²) >= 11 is 0. The summed E-state index contributed by atoms with van der Waals surface area (Å²) in [5.74, 6) is 1.62. The smallest absolute Gasteiger partial charge is 0.224 e. The van der Waals surface area contributed by atoms with Crippen LogP contribution in [0.2, 0.25) is 0 Å². The van der Waals surface area contributed by atoms with E-state index in [2.05, 4.69) is 5.32 Å². The zero-order chi connectivity index (χ0) is 14.4. The van der Waals surface area contributed by atoms with Crippen LogP contribution in [-0.4, -0.2) is 44.7 Å². The fraction of sp³-hybridized carbons (Fsp3) is 0.533. The van der Waals surface area contributed by atoms with E-state index in [4.69, 9.17) is 9.47 Å². The van der Waals surface area contributed by atoms with E-state index >= 15 is 0 Å². The molecule has 0 aliphatic carbocycles. The zero-order valence-electron chi connectivity index (χ0n) is 12.1. The van der Waals surface area contributed by atoms with Gasteiger partial charge in [-0.15, -0.1) is 0 Å². The number of rotatable bonds is 6. The Morgan fingerprint density at radius 2 is 1.90 bits per heavy atom. The number of benzene rings is 1. The lowest BCUT2D eigenvalue weighted by molar-refractivity contribution is -0.129. The number of carbonyl (C=O) groups excluding carboxylic acids is 1.